The third-order valence-corrected chi connectivity index (χ3v) is 5.61. The van der Waals surface area contributed by atoms with Gasteiger partial charge in [-0.1, -0.05) is 36.4 Å². The Kier molecular flexibility index (Phi) is 4.10. The summed E-state index contributed by atoms with van der Waals surface area (Å²) in [4.78, 5) is 11.7. The molecule has 0 aliphatic heterocycles. The largest absolute Gasteiger partial charge is 0.646 e. The number of rotatable bonds is 6. The Morgan fingerprint density at radius 3 is 1.84 bits per heavy atom. The van der Waals surface area contributed by atoms with E-state index >= 15 is 0 Å². The molecule has 2 aromatic carbocycles. The number of carbonyl (C=O) groups excluding carboxylic acids is 1. The van der Waals surface area contributed by atoms with Gasteiger partial charge in [-0.05, 0) is 36.8 Å². The molecule has 0 unspecified atom stereocenters. The molecule has 0 amide bonds. The van der Waals surface area contributed by atoms with Gasteiger partial charge in [-0.2, -0.15) is 4.57 Å². The van der Waals surface area contributed by atoms with Gasteiger partial charge in [0.1, 0.15) is 23.0 Å². The maximum absolute atomic E-state index is 13.3. The van der Waals surface area contributed by atoms with Crippen molar-refractivity contribution in [2.45, 2.75) is 12.8 Å². The standard InChI is InChI=1S/C19H17O5P/c20-18-12-15-11-14(18)13-19(15)24-25(21,22-16-7-3-1-4-8-16)23-17-9-5-2-6-10-17/h1-10,13-15H,11-12H2/t14-,15-/m0/s1. The summed E-state index contributed by atoms with van der Waals surface area (Å²) in [5.74, 6) is 1.34. The van der Waals surface area contributed by atoms with Crippen LogP contribution in [0.15, 0.2) is 72.5 Å². The monoisotopic (exact) mass is 356 g/mol. The van der Waals surface area contributed by atoms with Crippen molar-refractivity contribution in [1.82, 2.24) is 0 Å². The van der Waals surface area contributed by atoms with Crippen LogP contribution < -0.4 is 9.05 Å². The number of para-hydroxylation sites is 2. The second kappa shape index (κ2) is 6.41. The molecule has 1 fully saturated rings. The lowest BCUT2D eigenvalue weighted by Crippen LogP contribution is -2.12. The van der Waals surface area contributed by atoms with Crippen LogP contribution in [0.25, 0.3) is 0 Å². The third-order valence-electron chi connectivity index (χ3n) is 4.31. The minimum absolute atomic E-state index is 0.0374. The van der Waals surface area contributed by atoms with Crippen molar-refractivity contribution >= 4 is 13.6 Å². The number of benzene rings is 2. The Hall–Kier alpha value is -2.52. The van der Waals surface area contributed by atoms with Crippen LogP contribution in [0.4, 0.5) is 0 Å². The number of hydrogen-bond donors (Lipinski definition) is 0. The van der Waals surface area contributed by atoms with Crippen LogP contribution in [0, 0.1) is 11.8 Å². The van der Waals surface area contributed by atoms with E-state index in [0.29, 0.717) is 30.1 Å². The molecule has 2 bridgehead atoms. The SMILES string of the molecule is O=C1C[C@@H]2C[C@H]1C=C2OP(=O)(Oc1ccccc1)Oc1ccccc1. The molecule has 25 heavy (non-hydrogen) atoms. The predicted octanol–water partition coefficient (Wildman–Crippen LogP) is 4.76. The highest BCUT2D eigenvalue weighted by Gasteiger charge is 2.45. The first-order valence-corrected chi connectivity index (χ1v) is 9.61. The minimum Gasteiger partial charge on any atom is -0.390 e. The van der Waals surface area contributed by atoms with Gasteiger partial charge in [-0.3, -0.25) is 4.79 Å². The zero-order valence-electron chi connectivity index (χ0n) is 13.4. The van der Waals surface area contributed by atoms with Crippen LogP contribution in [0.3, 0.4) is 0 Å². The first-order chi connectivity index (χ1) is 12.1. The van der Waals surface area contributed by atoms with E-state index in [4.69, 9.17) is 13.6 Å². The number of fused-ring (bicyclic) bond motifs is 2. The number of phosphoric ester groups is 1. The van der Waals surface area contributed by atoms with E-state index in [-0.39, 0.29) is 17.6 Å². The number of carbonyl (C=O) groups is 1. The lowest BCUT2D eigenvalue weighted by atomic mass is 10.1. The topological polar surface area (TPSA) is 61.8 Å². The quantitative estimate of drug-likeness (QED) is 0.698. The van der Waals surface area contributed by atoms with Crippen molar-refractivity contribution in [3.63, 3.8) is 0 Å². The summed E-state index contributed by atoms with van der Waals surface area (Å²) < 4.78 is 30.2. The van der Waals surface area contributed by atoms with E-state index in [1.165, 1.54) is 0 Å². The second-order valence-corrected chi connectivity index (χ2v) is 7.57. The van der Waals surface area contributed by atoms with E-state index in [0.717, 1.165) is 0 Å². The second-order valence-electron chi connectivity index (χ2n) is 6.13. The summed E-state index contributed by atoms with van der Waals surface area (Å²) in [6.45, 7) is 0. The van der Waals surface area contributed by atoms with Gasteiger partial charge in [0.25, 0.3) is 0 Å². The minimum atomic E-state index is -3.94. The van der Waals surface area contributed by atoms with Gasteiger partial charge in [-0.15, -0.1) is 0 Å². The average molecular weight is 356 g/mol. The van der Waals surface area contributed by atoms with Gasteiger partial charge in [0.05, 0.1) is 0 Å². The van der Waals surface area contributed by atoms with Crippen molar-refractivity contribution in [2.75, 3.05) is 0 Å². The number of Topliss-reactive ketones (excluding diaryl/α,β-unsaturated/α-hetero) is 1. The van der Waals surface area contributed by atoms with Gasteiger partial charge < -0.3 is 13.6 Å². The first kappa shape index (κ1) is 16.0. The zero-order valence-corrected chi connectivity index (χ0v) is 14.3. The van der Waals surface area contributed by atoms with Gasteiger partial charge in [-0.25, -0.2) is 0 Å². The Bertz CT molecular complexity index is 801. The summed E-state index contributed by atoms with van der Waals surface area (Å²) in [5, 5.41) is 0. The molecule has 5 nitrogen and oxygen atoms in total. The third kappa shape index (κ3) is 3.47. The summed E-state index contributed by atoms with van der Waals surface area (Å²) in [6, 6.07) is 17.5. The molecule has 2 atom stereocenters. The normalized spacial score (nSPS) is 21.8. The van der Waals surface area contributed by atoms with E-state index in [2.05, 4.69) is 0 Å². The van der Waals surface area contributed by atoms with Crippen LogP contribution in [0.2, 0.25) is 0 Å². The Morgan fingerprint density at radius 2 is 1.40 bits per heavy atom. The number of ketones is 1. The summed E-state index contributed by atoms with van der Waals surface area (Å²) in [6.07, 6.45) is 2.88. The Balaban J connectivity index is 1.59. The number of allylic oxidation sites excluding steroid dienone is 2. The summed E-state index contributed by atoms with van der Waals surface area (Å²) >= 11 is 0. The molecule has 0 saturated heterocycles. The number of phosphoric acid groups is 1. The van der Waals surface area contributed by atoms with E-state index in [1.54, 1.807) is 54.6 Å². The van der Waals surface area contributed by atoms with Gasteiger partial charge >= 0.3 is 7.82 Å². The molecular formula is C19H17O5P. The average Bonchev–Trinajstić information content (AvgIpc) is 3.15. The molecule has 0 N–H and O–H groups in total. The van der Waals surface area contributed by atoms with Gasteiger partial charge in [0.15, 0.2) is 0 Å². The molecule has 0 radical (unpaired) electrons. The molecule has 2 aromatic rings. The van der Waals surface area contributed by atoms with Crippen LogP contribution >= 0.6 is 7.82 Å². The molecule has 1 saturated carbocycles. The molecule has 6 heteroatoms. The smallest absolute Gasteiger partial charge is 0.390 e. The van der Waals surface area contributed by atoms with Crippen LogP contribution in [-0.2, 0) is 13.9 Å². The Labute approximate surface area is 145 Å². The van der Waals surface area contributed by atoms with Crippen molar-refractivity contribution in [3.05, 3.63) is 72.5 Å². The summed E-state index contributed by atoms with van der Waals surface area (Å²) in [5.41, 5.74) is 0. The van der Waals surface area contributed by atoms with Crippen molar-refractivity contribution in [1.29, 1.82) is 0 Å². The fourth-order valence-corrected chi connectivity index (χ4v) is 4.48. The highest BCUT2D eigenvalue weighted by atomic mass is 31.2. The van der Waals surface area contributed by atoms with Gasteiger partial charge in [0, 0.05) is 18.3 Å². The van der Waals surface area contributed by atoms with Gasteiger partial charge in [0.2, 0.25) is 0 Å². The number of hydrogen-bond acceptors (Lipinski definition) is 5. The fraction of sp³-hybridized carbons (Fsp3) is 0.211. The highest BCUT2D eigenvalue weighted by molar-refractivity contribution is 7.49. The van der Waals surface area contributed by atoms with E-state index in [9.17, 15) is 9.36 Å². The summed E-state index contributed by atoms with van der Waals surface area (Å²) in [7, 11) is -3.94. The fourth-order valence-electron chi connectivity index (χ4n) is 3.14. The lowest BCUT2D eigenvalue weighted by Gasteiger charge is -2.22. The molecule has 128 valence electrons. The van der Waals surface area contributed by atoms with Crippen LogP contribution in [0.5, 0.6) is 11.5 Å². The van der Waals surface area contributed by atoms with E-state index in [1.807, 2.05) is 12.1 Å². The molecule has 0 spiro atoms. The van der Waals surface area contributed by atoms with Crippen molar-refractivity contribution in [3.8, 4) is 11.5 Å². The zero-order chi connectivity index (χ0) is 17.3. The van der Waals surface area contributed by atoms with Crippen molar-refractivity contribution < 1.29 is 22.9 Å². The van der Waals surface area contributed by atoms with Crippen molar-refractivity contribution in [2.24, 2.45) is 11.8 Å². The molecule has 2 aliphatic rings. The van der Waals surface area contributed by atoms with E-state index < -0.39 is 7.82 Å². The maximum Gasteiger partial charge on any atom is 0.646 e. The van der Waals surface area contributed by atoms with Crippen LogP contribution in [0.1, 0.15) is 12.8 Å². The molecule has 0 aromatic heterocycles. The highest BCUT2D eigenvalue weighted by Crippen LogP contribution is 2.55. The molecular weight excluding hydrogens is 339 g/mol. The molecule has 0 heterocycles. The molecule has 4 rings (SSSR count). The lowest BCUT2D eigenvalue weighted by molar-refractivity contribution is -0.120. The van der Waals surface area contributed by atoms with Crippen LogP contribution in [-0.4, -0.2) is 5.78 Å². The maximum atomic E-state index is 13.3. The first-order valence-electron chi connectivity index (χ1n) is 8.15. The molecule has 2 aliphatic carbocycles. The Morgan fingerprint density at radius 1 is 0.840 bits per heavy atom. The predicted molar refractivity (Wildman–Crippen MR) is 92.1 cm³/mol.